The Labute approximate surface area is 126 Å². The summed E-state index contributed by atoms with van der Waals surface area (Å²) >= 11 is 6.07. The van der Waals surface area contributed by atoms with E-state index >= 15 is 0 Å². The van der Waals surface area contributed by atoms with Gasteiger partial charge in [-0.05, 0) is 54.0 Å². The molecule has 1 heterocycles. The number of aromatic nitrogens is 4. The van der Waals surface area contributed by atoms with Gasteiger partial charge in [0.25, 0.3) is 0 Å². The molecule has 0 radical (unpaired) electrons. The van der Waals surface area contributed by atoms with Crippen molar-refractivity contribution in [1.29, 1.82) is 0 Å². The maximum atomic E-state index is 11.5. The van der Waals surface area contributed by atoms with E-state index in [-0.39, 0.29) is 6.54 Å². The van der Waals surface area contributed by atoms with Gasteiger partial charge in [0.05, 0.1) is 12.0 Å². The van der Waals surface area contributed by atoms with Crippen LogP contribution < -0.4 is 0 Å². The Bertz CT molecular complexity index is 674. The second-order valence-corrected chi connectivity index (χ2v) is 6.05. The molecule has 1 aromatic heterocycles. The first-order valence-electron chi connectivity index (χ1n) is 6.77. The highest BCUT2D eigenvalue weighted by molar-refractivity contribution is 6.30. The Hall–Kier alpha value is -1.95. The van der Waals surface area contributed by atoms with Gasteiger partial charge in [0.1, 0.15) is 0 Å². The van der Waals surface area contributed by atoms with E-state index in [1.807, 2.05) is 19.1 Å². The lowest BCUT2D eigenvalue weighted by Gasteiger charge is -2.37. The number of hydrogen-bond donors (Lipinski definition) is 1. The molecular formula is C14H15ClN4O2. The molecule has 21 heavy (non-hydrogen) atoms. The summed E-state index contributed by atoms with van der Waals surface area (Å²) in [6, 6.07) is 5.57. The number of carbonyl (C=O) groups is 1. The molecule has 0 saturated heterocycles. The molecule has 1 aliphatic rings. The maximum Gasteiger partial charge on any atom is 0.311 e. The first-order valence-corrected chi connectivity index (χ1v) is 7.15. The average Bonchev–Trinajstić information content (AvgIpc) is 2.80. The molecule has 110 valence electrons. The third kappa shape index (κ3) is 2.51. The van der Waals surface area contributed by atoms with Gasteiger partial charge in [0, 0.05) is 10.6 Å². The number of carboxylic acids is 1. The summed E-state index contributed by atoms with van der Waals surface area (Å²) < 4.78 is 1.57. The van der Waals surface area contributed by atoms with Crippen molar-refractivity contribution in [3.63, 3.8) is 0 Å². The Balaban J connectivity index is 1.96. The van der Waals surface area contributed by atoms with Crippen LogP contribution in [0.25, 0.3) is 11.4 Å². The molecule has 7 heteroatoms. The molecule has 0 amide bonds. The smallest absolute Gasteiger partial charge is 0.311 e. The summed E-state index contributed by atoms with van der Waals surface area (Å²) in [5, 5.41) is 21.7. The van der Waals surface area contributed by atoms with Gasteiger partial charge in [-0.15, -0.1) is 5.10 Å². The lowest BCUT2D eigenvalue weighted by Crippen LogP contribution is -2.42. The normalized spacial score (nSPS) is 16.5. The summed E-state index contributed by atoms with van der Waals surface area (Å²) in [6.45, 7) is 2.23. The van der Waals surface area contributed by atoms with Gasteiger partial charge < -0.3 is 5.11 Å². The van der Waals surface area contributed by atoms with E-state index in [0.717, 1.165) is 17.5 Å². The number of rotatable bonds is 4. The minimum atomic E-state index is -0.780. The van der Waals surface area contributed by atoms with E-state index in [1.54, 1.807) is 10.7 Å². The van der Waals surface area contributed by atoms with Gasteiger partial charge in [-0.1, -0.05) is 18.0 Å². The van der Waals surface area contributed by atoms with Crippen LogP contribution in [0, 0.1) is 12.3 Å². The number of aliphatic carboxylic acids is 1. The molecular weight excluding hydrogens is 292 g/mol. The van der Waals surface area contributed by atoms with Crippen LogP contribution in [0.15, 0.2) is 18.2 Å². The zero-order valence-electron chi connectivity index (χ0n) is 11.6. The molecule has 1 N–H and O–H groups in total. The molecule has 0 atom stereocenters. The topological polar surface area (TPSA) is 80.9 Å². The summed E-state index contributed by atoms with van der Waals surface area (Å²) in [4.78, 5) is 11.5. The fourth-order valence-electron chi connectivity index (χ4n) is 2.71. The SMILES string of the molecule is Cc1cc(Cl)cc(-c2nnnn2CC2(C(=O)O)CCC2)c1. The Morgan fingerprint density at radius 3 is 2.76 bits per heavy atom. The third-order valence-electron chi connectivity index (χ3n) is 4.05. The highest BCUT2D eigenvalue weighted by Crippen LogP contribution is 2.43. The molecule has 0 bridgehead atoms. The lowest BCUT2D eigenvalue weighted by atomic mass is 9.69. The van der Waals surface area contributed by atoms with Crippen molar-refractivity contribution >= 4 is 17.6 Å². The second-order valence-electron chi connectivity index (χ2n) is 5.62. The molecule has 1 saturated carbocycles. The van der Waals surface area contributed by atoms with E-state index < -0.39 is 11.4 Å². The van der Waals surface area contributed by atoms with Gasteiger partial charge in [-0.25, -0.2) is 4.68 Å². The minimum Gasteiger partial charge on any atom is -0.481 e. The predicted octanol–water partition coefficient (Wildman–Crippen LogP) is 2.56. The van der Waals surface area contributed by atoms with Crippen LogP contribution in [0.2, 0.25) is 5.02 Å². The van der Waals surface area contributed by atoms with E-state index in [0.29, 0.717) is 23.7 Å². The number of nitrogens with zero attached hydrogens (tertiary/aromatic N) is 4. The Morgan fingerprint density at radius 2 is 2.19 bits per heavy atom. The monoisotopic (exact) mass is 306 g/mol. The molecule has 1 aliphatic carbocycles. The van der Waals surface area contributed by atoms with Gasteiger partial charge in [0.15, 0.2) is 5.82 Å². The molecule has 0 spiro atoms. The van der Waals surface area contributed by atoms with Crippen molar-refractivity contribution in [3.8, 4) is 11.4 Å². The third-order valence-corrected chi connectivity index (χ3v) is 4.27. The largest absolute Gasteiger partial charge is 0.481 e. The molecule has 1 aromatic carbocycles. The van der Waals surface area contributed by atoms with Crippen LogP contribution in [0.4, 0.5) is 0 Å². The van der Waals surface area contributed by atoms with E-state index in [1.165, 1.54) is 0 Å². The number of halogens is 1. The maximum absolute atomic E-state index is 11.5. The Kier molecular flexibility index (Phi) is 3.41. The molecule has 2 aromatic rings. The molecule has 0 aliphatic heterocycles. The van der Waals surface area contributed by atoms with Crippen LogP contribution >= 0.6 is 11.6 Å². The summed E-state index contributed by atoms with van der Waals surface area (Å²) in [6.07, 6.45) is 2.26. The first kappa shape index (κ1) is 14.0. The van der Waals surface area contributed by atoms with Crippen molar-refractivity contribution in [2.45, 2.75) is 32.7 Å². The predicted molar refractivity (Wildman–Crippen MR) is 76.9 cm³/mol. The van der Waals surface area contributed by atoms with Crippen LogP contribution in [0.3, 0.4) is 0 Å². The quantitative estimate of drug-likeness (QED) is 0.939. The second kappa shape index (κ2) is 5.11. The van der Waals surface area contributed by atoms with Crippen molar-refractivity contribution < 1.29 is 9.90 Å². The first-order chi connectivity index (χ1) is 10.00. The minimum absolute atomic E-state index is 0.288. The van der Waals surface area contributed by atoms with Crippen LogP contribution in [-0.2, 0) is 11.3 Å². The van der Waals surface area contributed by atoms with Gasteiger partial charge >= 0.3 is 5.97 Å². The van der Waals surface area contributed by atoms with Crippen molar-refractivity contribution in [3.05, 3.63) is 28.8 Å². The van der Waals surface area contributed by atoms with Crippen LogP contribution in [-0.4, -0.2) is 31.3 Å². The summed E-state index contributed by atoms with van der Waals surface area (Å²) in [5.41, 5.74) is 1.06. The molecule has 0 unspecified atom stereocenters. The highest BCUT2D eigenvalue weighted by Gasteiger charge is 2.45. The van der Waals surface area contributed by atoms with Gasteiger partial charge in [-0.2, -0.15) is 0 Å². The number of hydrogen-bond acceptors (Lipinski definition) is 4. The molecule has 6 nitrogen and oxygen atoms in total. The summed E-state index contributed by atoms with van der Waals surface area (Å²) in [7, 11) is 0. The van der Waals surface area contributed by atoms with Crippen LogP contribution in [0.1, 0.15) is 24.8 Å². The molecule has 3 rings (SSSR count). The van der Waals surface area contributed by atoms with Gasteiger partial charge in [-0.3, -0.25) is 4.79 Å². The van der Waals surface area contributed by atoms with Crippen LogP contribution in [0.5, 0.6) is 0 Å². The highest BCUT2D eigenvalue weighted by atomic mass is 35.5. The van der Waals surface area contributed by atoms with Crippen molar-refractivity contribution in [1.82, 2.24) is 20.2 Å². The number of benzene rings is 1. The molecule has 1 fully saturated rings. The van der Waals surface area contributed by atoms with E-state index in [4.69, 9.17) is 11.6 Å². The standard InChI is InChI=1S/C14H15ClN4O2/c1-9-5-10(7-11(15)6-9)12-16-17-18-19(12)8-14(13(20)21)3-2-4-14/h5-7H,2-4,8H2,1H3,(H,20,21). The average molecular weight is 307 g/mol. The van der Waals surface area contributed by atoms with Crippen molar-refractivity contribution in [2.75, 3.05) is 0 Å². The van der Waals surface area contributed by atoms with Crippen molar-refractivity contribution in [2.24, 2.45) is 5.41 Å². The van der Waals surface area contributed by atoms with E-state index in [2.05, 4.69) is 15.5 Å². The summed E-state index contributed by atoms with van der Waals surface area (Å²) in [5.74, 6) is -0.231. The fourth-order valence-corrected chi connectivity index (χ4v) is 3.00. The van der Waals surface area contributed by atoms with E-state index in [9.17, 15) is 9.90 Å². The zero-order chi connectivity index (χ0) is 15.0. The zero-order valence-corrected chi connectivity index (χ0v) is 12.3. The number of aryl methyl sites for hydroxylation is 1. The number of tetrazole rings is 1. The fraction of sp³-hybridized carbons (Fsp3) is 0.429. The van der Waals surface area contributed by atoms with Gasteiger partial charge in [0.2, 0.25) is 0 Å². The lowest BCUT2D eigenvalue weighted by molar-refractivity contribution is -0.156. The number of carboxylic acid groups (broad SMARTS) is 1. The Morgan fingerprint density at radius 1 is 1.43 bits per heavy atom.